The zero-order chi connectivity index (χ0) is 27.5. The summed E-state index contributed by atoms with van der Waals surface area (Å²) >= 11 is 0. The van der Waals surface area contributed by atoms with Gasteiger partial charge in [-0.05, 0) is 30.2 Å². The molecule has 0 radical (unpaired) electrons. The molecule has 0 atom stereocenters. The van der Waals surface area contributed by atoms with Crippen molar-refractivity contribution in [1.82, 2.24) is 50.6 Å². The van der Waals surface area contributed by atoms with Crippen molar-refractivity contribution in [2.45, 2.75) is 20.4 Å². The molecule has 4 heterocycles. The highest BCUT2D eigenvalue weighted by atomic mass is 16.6. The minimum absolute atomic E-state index is 0.00809. The summed E-state index contributed by atoms with van der Waals surface area (Å²) < 4.78 is 12.8. The smallest absolute Gasteiger partial charge is 0.293 e. The monoisotopic (exact) mass is 537 g/mol. The summed E-state index contributed by atoms with van der Waals surface area (Å²) in [6.45, 7) is 6.09. The molecule has 18 nitrogen and oxygen atoms in total. The van der Waals surface area contributed by atoms with Crippen LogP contribution in [0.2, 0.25) is 0 Å². The van der Waals surface area contributed by atoms with Crippen LogP contribution in [-0.2, 0) is 11.3 Å². The van der Waals surface area contributed by atoms with Crippen molar-refractivity contribution < 1.29 is 19.1 Å². The molecule has 1 aliphatic rings. The number of carbonyl (C=O) groups excluding carboxylic acids is 1. The average molecular weight is 538 g/mol. The molecule has 0 spiro atoms. The number of hydrogen-bond acceptors (Lipinski definition) is 14. The first-order valence-electron chi connectivity index (χ1n) is 11.7. The lowest BCUT2D eigenvalue weighted by molar-refractivity contribution is -0.384. The Morgan fingerprint density at radius 2 is 1.92 bits per heavy atom. The maximum Gasteiger partial charge on any atom is 0.293 e. The molecule has 3 N–H and O–H groups in total. The maximum atomic E-state index is 13.2. The number of nitro groups is 1. The molecule has 1 saturated heterocycles. The number of anilines is 1. The zero-order valence-corrected chi connectivity index (χ0v) is 20.9. The molecule has 1 amide bonds. The minimum Gasteiger partial charge on any atom is -0.379 e. The van der Waals surface area contributed by atoms with E-state index in [0.29, 0.717) is 61.3 Å². The number of nitrogens with one attached hydrogen (secondary N) is 1. The van der Waals surface area contributed by atoms with Gasteiger partial charge in [0.2, 0.25) is 11.6 Å². The van der Waals surface area contributed by atoms with Gasteiger partial charge in [0.25, 0.3) is 11.6 Å². The van der Waals surface area contributed by atoms with Gasteiger partial charge in [0, 0.05) is 31.8 Å². The van der Waals surface area contributed by atoms with Gasteiger partial charge in [-0.15, -0.1) is 10.2 Å². The fourth-order valence-corrected chi connectivity index (χ4v) is 3.99. The number of nitrogens with zero attached hydrogens (tertiary/aromatic N) is 11. The van der Waals surface area contributed by atoms with E-state index in [9.17, 15) is 14.9 Å². The second kappa shape index (κ2) is 10.7. The van der Waals surface area contributed by atoms with Crippen molar-refractivity contribution in [3.8, 4) is 11.5 Å². The Bertz CT molecular complexity index is 1550. The van der Waals surface area contributed by atoms with E-state index in [4.69, 9.17) is 10.5 Å². The first-order valence-corrected chi connectivity index (χ1v) is 11.7. The molecular weight excluding hydrogens is 514 g/mol. The van der Waals surface area contributed by atoms with Gasteiger partial charge in [-0.1, -0.05) is 16.5 Å². The molecule has 1 aromatic carbocycles. The number of hydrazone groups is 1. The highest BCUT2D eigenvalue weighted by Crippen LogP contribution is 2.20. The maximum absolute atomic E-state index is 13.2. The van der Waals surface area contributed by atoms with Gasteiger partial charge >= 0.3 is 0 Å². The van der Waals surface area contributed by atoms with Gasteiger partial charge in [0.1, 0.15) is 5.69 Å². The third-order valence-electron chi connectivity index (χ3n) is 6.00. The van der Waals surface area contributed by atoms with Crippen molar-refractivity contribution in [3.05, 3.63) is 57.2 Å². The summed E-state index contributed by atoms with van der Waals surface area (Å²) in [6.07, 6.45) is 0. The van der Waals surface area contributed by atoms with E-state index in [1.807, 2.05) is 0 Å². The zero-order valence-electron chi connectivity index (χ0n) is 20.9. The second-order valence-electron chi connectivity index (χ2n) is 8.51. The Labute approximate surface area is 219 Å². The predicted molar refractivity (Wildman–Crippen MR) is 132 cm³/mol. The fraction of sp³-hybridized carbons (Fsp3) is 0.333. The number of amides is 1. The van der Waals surface area contributed by atoms with Crippen LogP contribution >= 0.6 is 0 Å². The van der Waals surface area contributed by atoms with Crippen molar-refractivity contribution in [2.75, 3.05) is 32.0 Å². The highest BCUT2D eigenvalue weighted by molar-refractivity contribution is 6.00. The molecule has 0 saturated carbocycles. The fourth-order valence-electron chi connectivity index (χ4n) is 3.99. The average Bonchev–Trinajstić information content (AvgIpc) is 3.66. The van der Waals surface area contributed by atoms with Gasteiger partial charge in [-0.25, -0.2) is 14.7 Å². The molecule has 1 fully saturated rings. The third kappa shape index (κ3) is 5.18. The van der Waals surface area contributed by atoms with E-state index in [2.05, 4.69) is 51.0 Å². The van der Waals surface area contributed by atoms with Crippen LogP contribution in [0.5, 0.6) is 0 Å². The van der Waals surface area contributed by atoms with Gasteiger partial charge in [0.15, 0.2) is 5.69 Å². The molecule has 0 unspecified atom stereocenters. The first-order chi connectivity index (χ1) is 18.8. The molecule has 18 heteroatoms. The van der Waals surface area contributed by atoms with E-state index >= 15 is 0 Å². The number of aromatic nitrogens is 8. The SMILES string of the molecule is C/C(=N\NC(=O)c1nnn(-c2nonc2N)c1CN1CCOCC1)c1nnn(-c2cccc([N+](=O)[O-])c2)c1C. The Kier molecular flexibility index (Phi) is 7.02. The molecule has 3 aromatic heterocycles. The lowest BCUT2D eigenvalue weighted by atomic mass is 10.2. The standard InChI is InChI=1S/C21H23N13O5/c1-12(17-13(2)32(29-24-17)14-4-3-5-15(10-14)34(36)37)23-26-21(35)18-16(11-31-6-8-38-9-7-31)33(30-25-18)20-19(22)27-39-28-20/h3-5,10H,6-9,11H2,1-2H3,(H2,22,27)(H,26,35)/b23-12+. The molecule has 5 rings (SSSR count). The molecule has 202 valence electrons. The molecule has 1 aliphatic heterocycles. The number of morpholine rings is 1. The summed E-state index contributed by atoms with van der Waals surface area (Å²) in [5.74, 6) is -0.522. The molecular formula is C21H23N13O5. The van der Waals surface area contributed by atoms with Crippen LogP contribution in [0.3, 0.4) is 0 Å². The minimum atomic E-state index is -0.623. The van der Waals surface area contributed by atoms with Crippen LogP contribution in [0.4, 0.5) is 11.5 Å². The molecule has 39 heavy (non-hydrogen) atoms. The normalized spacial score (nSPS) is 14.5. The van der Waals surface area contributed by atoms with Crippen molar-refractivity contribution in [3.63, 3.8) is 0 Å². The summed E-state index contributed by atoms with van der Waals surface area (Å²) in [7, 11) is 0. The van der Waals surface area contributed by atoms with Gasteiger partial charge in [0.05, 0.1) is 40.9 Å². The lowest BCUT2D eigenvalue weighted by Gasteiger charge is -2.26. The van der Waals surface area contributed by atoms with E-state index in [0.717, 1.165) is 0 Å². The topological polar surface area (TPSA) is 223 Å². The number of carbonyl (C=O) groups is 1. The summed E-state index contributed by atoms with van der Waals surface area (Å²) in [6, 6.07) is 6.00. The van der Waals surface area contributed by atoms with Crippen molar-refractivity contribution in [1.29, 1.82) is 0 Å². The van der Waals surface area contributed by atoms with Gasteiger partial charge in [-0.3, -0.25) is 19.8 Å². The number of ether oxygens (including phenoxy) is 1. The largest absolute Gasteiger partial charge is 0.379 e. The molecule has 0 aliphatic carbocycles. The van der Waals surface area contributed by atoms with Crippen LogP contribution in [0.15, 0.2) is 34.0 Å². The lowest BCUT2D eigenvalue weighted by Crippen LogP contribution is -2.37. The highest BCUT2D eigenvalue weighted by Gasteiger charge is 2.26. The van der Waals surface area contributed by atoms with Crippen molar-refractivity contribution in [2.24, 2.45) is 5.10 Å². The summed E-state index contributed by atoms with van der Waals surface area (Å²) in [5.41, 5.74) is 10.4. The summed E-state index contributed by atoms with van der Waals surface area (Å²) in [4.78, 5) is 25.9. The van der Waals surface area contributed by atoms with Crippen LogP contribution in [0.25, 0.3) is 11.5 Å². The quantitative estimate of drug-likeness (QED) is 0.172. The van der Waals surface area contributed by atoms with Gasteiger partial charge in [-0.2, -0.15) is 9.78 Å². The second-order valence-corrected chi connectivity index (χ2v) is 8.51. The number of non-ortho nitro benzene ring substituents is 1. The van der Waals surface area contributed by atoms with Crippen molar-refractivity contribution >= 4 is 23.1 Å². The van der Waals surface area contributed by atoms with E-state index in [1.54, 1.807) is 26.0 Å². The number of hydrogen-bond donors (Lipinski definition) is 2. The van der Waals surface area contributed by atoms with E-state index in [1.165, 1.54) is 21.5 Å². The number of nitro benzene ring substituents is 1. The number of benzene rings is 1. The van der Waals surface area contributed by atoms with Gasteiger partial charge < -0.3 is 10.5 Å². The van der Waals surface area contributed by atoms with Crippen LogP contribution in [0.1, 0.15) is 34.5 Å². The Morgan fingerprint density at radius 3 is 2.64 bits per heavy atom. The summed E-state index contributed by atoms with van der Waals surface area (Å²) in [5, 5.41) is 38.9. The Balaban J connectivity index is 1.39. The first kappa shape index (κ1) is 25.5. The van der Waals surface area contributed by atoms with E-state index < -0.39 is 10.8 Å². The van der Waals surface area contributed by atoms with Crippen LogP contribution < -0.4 is 11.2 Å². The van der Waals surface area contributed by atoms with Crippen LogP contribution in [-0.4, -0.2) is 88.0 Å². The van der Waals surface area contributed by atoms with Crippen LogP contribution in [0, 0.1) is 17.0 Å². The number of rotatable bonds is 8. The Morgan fingerprint density at radius 1 is 1.18 bits per heavy atom. The third-order valence-corrected chi connectivity index (χ3v) is 6.00. The number of nitrogen functional groups attached to an aromatic ring is 1. The van der Waals surface area contributed by atoms with E-state index in [-0.39, 0.29) is 23.0 Å². The molecule has 0 bridgehead atoms. The predicted octanol–water partition coefficient (Wildman–Crippen LogP) is 0.0160. The number of nitrogens with two attached hydrogens (primary N) is 1. The molecule has 4 aromatic rings. The Hall–Kier alpha value is -5.10.